The maximum atomic E-state index is 6.21. The van der Waals surface area contributed by atoms with Gasteiger partial charge in [0.1, 0.15) is 0 Å². The molecule has 0 amide bonds. The Morgan fingerprint density at radius 3 is 2.68 bits per heavy atom. The summed E-state index contributed by atoms with van der Waals surface area (Å²) < 4.78 is 12.2. The summed E-state index contributed by atoms with van der Waals surface area (Å²) in [5.74, 6) is 0. The van der Waals surface area contributed by atoms with E-state index in [-0.39, 0.29) is 0 Å². The quantitative estimate of drug-likeness (QED) is 0.633. The highest BCUT2D eigenvalue weighted by Gasteiger charge is 2.28. The second-order valence-corrected chi connectivity index (χ2v) is 8.66. The average molecular weight is 281 g/mol. The fourth-order valence-electron chi connectivity index (χ4n) is 1.95. The van der Waals surface area contributed by atoms with Crippen molar-refractivity contribution in [2.45, 2.75) is 65.3 Å². The van der Waals surface area contributed by atoms with Crippen LogP contribution in [0.3, 0.4) is 0 Å². The van der Waals surface area contributed by atoms with Crippen LogP contribution in [0, 0.1) is 0 Å². The Kier molecular flexibility index (Phi) is 7.27. The Morgan fingerprint density at radius 2 is 2.11 bits per heavy atom. The highest BCUT2D eigenvalue weighted by atomic mass is 28.4. The minimum absolute atomic E-state index is 0.343. The van der Waals surface area contributed by atoms with Gasteiger partial charge in [0.25, 0.3) is 0 Å². The minimum Gasteiger partial charge on any atom is -0.391 e. The molecule has 0 radical (unpaired) electrons. The van der Waals surface area contributed by atoms with Gasteiger partial charge >= 0.3 is 8.56 Å². The SMILES string of the molecule is CCCCC(CC)O[Si](C)(C)OCc1cccnc1. The third-order valence-corrected chi connectivity index (χ3v) is 4.84. The molecule has 4 heteroatoms. The third-order valence-electron chi connectivity index (χ3n) is 3.09. The monoisotopic (exact) mass is 281 g/mol. The lowest BCUT2D eigenvalue weighted by atomic mass is 10.1. The van der Waals surface area contributed by atoms with E-state index < -0.39 is 8.56 Å². The molecule has 0 aliphatic carbocycles. The molecule has 1 unspecified atom stereocenters. The zero-order chi connectivity index (χ0) is 14.1. The van der Waals surface area contributed by atoms with E-state index in [1.165, 1.54) is 12.8 Å². The third kappa shape index (κ3) is 6.85. The normalized spacial score (nSPS) is 13.5. The second-order valence-electron chi connectivity index (χ2n) is 5.34. The molecule has 0 bridgehead atoms. The molecular formula is C15H27NO2Si. The predicted molar refractivity (Wildman–Crippen MR) is 81.2 cm³/mol. The van der Waals surface area contributed by atoms with Gasteiger partial charge in [-0.25, -0.2) is 0 Å². The van der Waals surface area contributed by atoms with Crippen molar-refractivity contribution in [2.24, 2.45) is 0 Å². The van der Waals surface area contributed by atoms with Gasteiger partial charge in [0, 0.05) is 18.5 Å². The van der Waals surface area contributed by atoms with Gasteiger partial charge in [0.05, 0.1) is 6.61 Å². The lowest BCUT2D eigenvalue weighted by molar-refractivity contribution is 0.105. The molecule has 0 fully saturated rings. The zero-order valence-corrected chi connectivity index (χ0v) is 13.7. The Hall–Kier alpha value is -0.713. The molecule has 1 aromatic rings. The molecule has 0 spiro atoms. The maximum absolute atomic E-state index is 6.21. The lowest BCUT2D eigenvalue weighted by Gasteiger charge is -2.28. The average Bonchev–Trinajstić information content (AvgIpc) is 2.42. The van der Waals surface area contributed by atoms with Crippen LogP contribution in [0.4, 0.5) is 0 Å². The second kappa shape index (κ2) is 8.46. The van der Waals surface area contributed by atoms with E-state index in [0.29, 0.717) is 12.7 Å². The molecule has 0 aliphatic heterocycles. The smallest absolute Gasteiger partial charge is 0.332 e. The number of rotatable bonds is 9. The Bertz CT molecular complexity index is 343. The minimum atomic E-state index is -2.05. The summed E-state index contributed by atoms with van der Waals surface area (Å²) in [5, 5.41) is 0. The summed E-state index contributed by atoms with van der Waals surface area (Å²) in [6, 6.07) is 3.97. The van der Waals surface area contributed by atoms with Gasteiger partial charge in [-0.3, -0.25) is 4.98 Å². The zero-order valence-electron chi connectivity index (χ0n) is 12.7. The van der Waals surface area contributed by atoms with Gasteiger partial charge < -0.3 is 8.85 Å². The fourth-order valence-corrected chi connectivity index (χ4v) is 3.62. The summed E-state index contributed by atoms with van der Waals surface area (Å²) in [5.41, 5.74) is 1.10. The van der Waals surface area contributed by atoms with Crippen LogP contribution in [0.15, 0.2) is 24.5 Å². The summed E-state index contributed by atoms with van der Waals surface area (Å²) in [6.45, 7) is 9.24. The van der Waals surface area contributed by atoms with Gasteiger partial charge in [0.15, 0.2) is 0 Å². The van der Waals surface area contributed by atoms with E-state index in [9.17, 15) is 0 Å². The lowest BCUT2D eigenvalue weighted by Crippen LogP contribution is -2.38. The van der Waals surface area contributed by atoms with Crippen molar-refractivity contribution in [3.05, 3.63) is 30.1 Å². The van der Waals surface area contributed by atoms with Gasteiger partial charge in [-0.15, -0.1) is 0 Å². The van der Waals surface area contributed by atoms with Gasteiger partial charge in [-0.2, -0.15) is 0 Å². The Labute approximate surface area is 118 Å². The highest BCUT2D eigenvalue weighted by Crippen LogP contribution is 2.18. The number of nitrogens with zero attached hydrogens (tertiary/aromatic N) is 1. The van der Waals surface area contributed by atoms with Gasteiger partial charge in [0.2, 0.25) is 0 Å². The molecular weight excluding hydrogens is 254 g/mol. The van der Waals surface area contributed by atoms with Crippen LogP contribution >= 0.6 is 0 Å². The summed E-state index contributed by atoms with van der Waals surface area (Å²) >= 11 is 0. The van der Waals surface area contributed by atoms with Gasteiger partial charge in [-0.1, -0.05) is 32.8 Å². The van der Waals surface area contributed by atoms with Crippen molar-refractivity contribution in [3.63, 3.8) is 0 Å². The molecule has 0 saturated heterocycles. The van der Waals surface area contributed by atoms with Crippen LogP contribution in [0.5, 0.6) is 0 Å². The summed E-state index contributed by atoms with van der Waals surface area (Å²) in [6.07, 6.45) is 8.62. The number of hydrogen-bond acceptors (Lipinski definition) is 3. The van der Waals surface area contributed by atoms with Crippen molar-refractivity contribution < 1.29 is 8.85 Å². The summed E-state index contributed by atoms with van der Waals surface area (Å²) in [7, 11) is -2.05. The number of hydrogen-bond donors (Lipinski definition) is 0. The Balaban J connectivity index is 2.41. The summed E-state index contributed by atoms with van der Waals surface area (Å²) in [4.78, 5) is 4.10. The molecule has 19 heavy (non-hydrogen) atoms. The van der Waals surface area contributed by atoms with Crippen LogP contribution in [-0.2, 0) is 15.5 Å². The van der Waals surface area contributed by atoms with Crippen LogP contribution in [0.25, 0.3) is 0 Å². The van der Waals surface area contributed by atoms with E-state index in [2.05, 4.69) is 31.9 Å². The highest BCUT2D eigenvalue weighted by molar-refractivity contribution is 6.64. The van der Waals surface area contributed by atoms with Crippen molar-refractivity contribution in [1.82, 2.24) is 4.98 Å². The van der Waals surface area contributed by atoms with Crippen LogP contribution in [0.2, 0.25) is 13.1 Å². The first kappa shape index (κ1) is 16.3. The topological polar surface area (TPSA) is 31.4 Å². The maximum Gasteiger partial charge on any atom is 0.332 e. The molecule has 0 N–H and O–H groups in total. The molecule has 1 rings (SSSR count). The first-order valence-electron chi connectivity index (χ1n) is 7.28. The number of aromatic nitrogens is 1. The Morgan fingerprint density at radius 1 is 1.32 bits per heavy atom. The van der Waals surface area contributed by atoms with Crippen LogP contribution in [0.1, 0.15) is 45.1 Å². The van der Waals surface area contributed by atoms with E-state index >= 15 is 0 Å². The van der Waals surface area contributed by atoms with Crippen LogP contribution < -0.4 is 0 Å². The van der Waals surface area contributed by atoms with Crippen LogP contribution in [-0.4, -0.2) is 19.6 Å². The molecule has 108 valence electrons. The molecule has 1 atom stereocenters. The van der Waals surface area contributed by atoms with Gasteiger partial charge in [-0.05, 0) is 37.6 Å². The molecule has 1 aromatic heterocycles. The van der Waals surface area contributed by atoms with Crippen molar-refractivity contribution in [1.29, 1.82) is 0 Å². The van der Waals surface area contributed by atoms with E-state index in [1.54, 1.807) is 6.20 Å². The first-order valence-corrected chi connectivity index (χ1v) is 10.1. The van der Waals surface area contributed by atoms with Crippen molar-refractivity contribution in [2.75, 3.05) is 0 Å². The van der Waals surface area contributed by atoms with E-state index in [1.807, 2.05) is 18.3 Å². The standard InChI is InChI=1S/C15H27NO2Si/c1-5-7-10-15(6-2)18-19(3,4)17-13-14-9-8-11-16-12-14/h8-9,11-12,15H,5-7,10,13H2,1-4H3. The molecule has 0 aliphatic rings. The molecule has 3 nitrogen and oxygen atoms in total. The fraction of sp³-hybridized carbons (Fsp3) is 0.667. The van der Waals surface area contributed by atoms with E-state index in [4.69, 9.17) is 8.85 Å². The first-order chi connectivity index (χ1) is 9.07. The molecule has 1 heterocycles. The largest absolute Gasteiger partial charge is 0.391 e. The van der Waals surface area contributed by atoms with Crippen molar-refractivity contribution >= 4 is 8.56 Å². The van der Waals surface area contributed by atoms with E-state index in [0.717, 1.165) is 18.4 Å². The number of pyridine rings is 1. The molecule has 0 aromatic carbocycles. The predicted octanol–water partition coefficient (Wildman–Crippen LogP) is 4.29. The van der Waals surface area contributed by atoms with Crippen molar-refractivity contribution in [3.8, 4) is 0 Å². The number of unbranched alkanes of at least 4 members (excludes halogenated alkanes) is 1. The molecule has 0 saturated carbocycles.